The first-order chi connectivity index (χ1) is 8.75. The van der Waals surface area contributed by atoms with Gasteiger partial charge in [-0.25, -0.2) is 0 Å². The number of benzene rings is 1. The molecular weight excluding hydrogens is 258 g/mol. The van der Waals surface area contributed by atoms with Crippen LogP contribution in [0.1, 0.15) is 51.3 Å². The van der Waals surface area contributed by atoms with Gasteiger partial charge in [0.2, 0.25) is 0 Å². The lowest BCUT2D eigenvalue weighted by atomic mass is 9.85. The first-order valence-corrected chi connectivity index (χ1v) is 7.37. The number of rotatable bonds is 4. The van der Waals surface area contributed by atoms with Gasteiger partial charge >= 0.3 is 0 Å². The Morgan fingerprint density at radius 1 is 1.47 bits per heavy atom. The zero-order valence-electron chi connectivity index (χ0n) is 12.3. The minimum atomic E-state index is -0.655. The van der Waals surface area contributed by atoms with Gasteiger partial charge < -0.3 is 10.4 Å². The molecule has 2 nitrogen and oxygen atoms in total. The molecule has 3 heteroatoms. The fraction of sp³-hybridized carbons (Fsp3) is 0.625. The molecule has 1 aliphatic rings. The fourth-order valence-corrected chi connectivity index (χ4v) is 3.02. The molecule has 2 unspecified atom stereocenters. The van der Waals surface area contributed by atoms with Crippen molar-refractivity contribution in [2.45, 2.75) is 52.2 Å². The van der Waals surface area contributed by atoms with Gasteiger partial charge in [0.1, 0.15) is 0 Å². The average molecular weight is 282 g/mol. The van der Waals surface area contributed by atoms with Crippen LogP contribution in [0.5, 0.6) is 0 Å². The van der Waals surface area contributed by atoms with Gasteiger partial charge in [-0.05, 0) is 48.4 Å². The molecule has 0 saturated carbocycles. The lowest BCUT2D eigenvalue weighted by Crippen LogP contribution is -2.42. The van der Waals surface area contributed by atoms with Crippen molar-refractivity contribution >= 4 is 11.6 Å². The molecular formula is C16H24ClNO. The van der Waals surface area contributed by atoms with Gasteiger partial charge in [-0.15, -0.1) is 0 Å². The molecule has 1 aromatic carbocycles. The third kappa shape index (κ3) is 3.13. The van der Waals surface area contributed by atoms with Crippen molar-refractivity contribution in [1.82, 2.24) is 5.32 Å². The van der Waals surface area contributed by atoms with Crippen LogP contribution in [0, 0.1) is 5.41 Å². The molecule has 0 saturated heterocycles. The molecule has 106 valence electrons. The molecule has 0 radical (unpaired) electrons. The minimum Gasteiger partial charge on any atom is -0.389 e. The molecule has 2 N–H and O–H groups in total. The van der Waals surface area contributed by atoms with Crippen molar-refractivity contribution < 1.29 is 5.11 Å². The van der Waals surface area contributed by atoms with E-state index in [4.69, 9.17) is 11.6 Å². The van der Waals surface area contributed by atoms with Gasteiger partial charge in [0.15, 0.2) is 0 Å². The van der Waals surface area contributed by atoms with Gasteiger partial charge in [0, 0.05) is 17.6 Å². The summed E-state index contributed by atoms with van der Waals surface area (Å²) in [7, 11) is 0. The molecule has 0 aromatic heterocycles. The molecule has 2 atom stereocenters. The number of aliphatic hydroxyl groups is 1. The van der Waals surface area contributed by atoms with Crippen molar-refractivity contribution in [3.8, 4) is 0 Å². The molecule has 0 heterocycles. The average Bonchev–Trinajstić information content (AvgIpc) is 2.56. The summed E-state index contributed by atoms with van der Waals surface area (Å²) in [6, 6.07) is 6.39. The van der Waals surface area contributed by atoms with Crippen LogP contribution in [0.25, 0.3) is 0 Å². The van der Waals surface area contributed by atoms with E-state index in [9.17, 15) is 5.11 Å². The Hall–Kier alpha value is -0.570. The van der Waals surface area contributed by atoms with Crippen LogP contribution >= 0.6 is 11.6 Å². The van der Waals surface area contributed by atoms with E-state index in [0.717, 1.165) is 17.9 Å². The number of fused-ring (bicyclic) bond motifs is 1. The zero-order chi connectivity index (χ0) is 14.3. The monoisotopic (exact) mass is 281 g/mol. The van der Waals surface area contributed by atoms with Gasteiger partial charge in [-0.3, -0.25) is 0 Å². The number of nitrogens with one attached hydrogen (secondary N) is 1. The highest BCUT2D eigenvalue weighted by Gasteiger charge is 2.39. The summed E-state index contributed by atoms with van der Waals surface area (Å²) in [6.45, 7) is 9.01. The van der Waals surface area contributed by atoms with Crippen LogP contribution in [0.4, 0.5) is 0 Å². The third-order valence-corrected chi connectivity index (χ3v) is 4.53. The van der Waals surface area contributed by atoms with Gasteiger partial charge in [0.25, 0.3) is 0 Å². The van der Waals surface area contributed by atoms with Crippen LogP contribution in [0.15, 0.2) is 18.2 Å². The number of halogens is 1. The summed E-state index contributed by atoms with van der Waals surface area (Å²) in [5.74, 6) is 0. The van der Waals surface area contributed by atoms with Crippen LogP contribution < -0.4 is 5.32 Å². The first kappa shape index (κ1) is 14.8. The Morgan fingerprint density at radius 3 is 2.79 bits per heavy atom. The number of hydrogen-bond donors (Lipinski definition) is 2. The molecule has 0 fully saturated rings. The second kappa shape index (κ2) is 5.08. The summed E-state index contributed by atoms with van der Waals surface area (Å²) in [5.41, 5.74) is 2.14. The second-order valence-corrected chi connectivity index (χ2v) is 7.11. The SMILES string of the molecule is CCC(C)(O)CNC1c2cc(Cl)ccc2CC1(C)C. The zero-order valence-corrected chi connectivity index (χ0v) is 13.0. The molecule has 1 aromatic rings. The Labute approximate surface area is 121 Å². The topological polar surface area (TPSA) is 32.3 Å². The van der Waals surface area contributed by atoms with E-state index < -0.39 is 5.60 Å². The lowest BCUT2D eigenvalue weighted by molar-refractivity contribution is 0.0478. The van der Waals surface area contributed by atoms with Crippen molar-refractivity contribution in [2.24, 2.45) is 5.41 Å². The Balaban J connectivity index is 2.22. The van der Waals surface area contributed by atoms with Crippen molar-refractivity contribution in [3.63, 3.8) is 0 Å². The Morgan fingerprint density at radius 2 is 2.16 bits per heavy atom. The predicted molar refractivity (Wildman–Crippen MR) is 80.6 cm³/mol. The fourth-order valence-electron chi connectivity index (χ4n) is 2.84. The molecule has 2 rings (SSSR count). The first-order valence-electron chi connectivity index (χ1n) is 6.99. The van der Waals surface area contributed by atoms with E-state index >= 15 is 0 Å². The summed E-state index contributed by atoms with van der Waals surface area (Å²) in [6.07, 6.45) is 1.79. The normalized spacial score (nSPS) is 24.0. The van der Waals surface area contributed by atoms with Gasteiger partial charge in [-0.2, -0.15) is 0 Å². The van der Waals surface area contributed by atoms with E-state index in [-0.39, 0.29) is 11.5 Å². The molecule has 0 aliphatic heterocycles. The smallest absolute Gasteiger partial charge is 0.0741 e. The summed E-state index contributed by atoms with van der Waals surface area (Å²) >= 11 is 6.12. The molecule has 0 spiro atoms. The predicted octanol–water partition coefficient (Wildman–Crippen LogP) is 3.71. The van der Waals surface area contributed by atoms with Crippen LogP contribution in [-0.4, -0.2) is 17.3 Å². The van der Waals surface area contributed by atoms with Crippen molar-refractivity contribution in [3.05, 3.63) is 34.3 Å². The van der Waals surface area contributed by atoms with E-state index in [2.05, 4.69) is 31.3 Å². The van der Waals surface area contributed by atoms with Gasteiger partial charge in [0.05, 0.1) is 5.60 Å². The van der Waals surface area contributed by atoms with E-state index in [1.807, 2.05) is 19.9 Å². The Bertz CT molecular complexity index is 468. The lowest BCUT2D eigenvalue weighted by Gasteiger charge is -2.32. The number of hydrogen-bond acceptors (Lipinski definition) is 2. The largest absolute Gasteiger partial charge is 0.389 e. The highest BCUT2D eigenvalue weighted by Crippen LogP contribution is 2.45. The Kier molecular flexibility index (Phi) is 3.97. The van der Waals surface area contributed by atoms with Crippen LogP contribution in [0.2, 0.25) is 5.02 Å². The van der Waals surface area contributed by atoms with E-state index in [1.165, 1.54) is 11.1 Å². The minimum absolute atomic E-state index is 0.150. The molecule has 1 aliphatic carbocycles. The maximum atomic E-state index is 10.2. The van der Waals surface area contributed by atoms with Crippen molar-refractivity contribution in [2.75, 3.05) is 6.54 Å². The highest BCUT2D eigenvalue weighted by molar-refractivity contribution is 6.30. The summed E-state index contributed by atoms with van der Waals surface area (Å²) in [4.78, 5) is 0. The molecule has 0 bridgehead atoms. The maximum absolute atomic E-state index is 10.2. The van der Waals surface area contributed by atoms with Crippen LogP contribution in [-0.2, 0) is 6.42 Å². The quantitative estimate of drug-likeness (QED) is 0.882. The van der Waals surface area contributed by atoms with Crippen LogP contribution in [0.3, 0.4) is 0 Å². The standard InChI is InChI=1S/C16H24ClNO/c1-5-16(4,19)10-18-14-13-8-12(17)7-6-11(13)9-15(14,2)3/h6-8,14,18-19H,5,9-10H2,1-4H3. The van der Waals surface area contributed by atoms with Gasteiger partial charge in [-0.1, -0.05) is 38.4 Å². The molecule has 0 amide bonds. The van der Waals surface area contributed by atoms with E-state index in [0.29, 0.717) is 6.54 Å². The van der Waals surface area contributed by atoms with Crippen molar-refractivity contribution in [1.29, 1.82) is 0 Å². The van der Waals surface area contributed by atoms with E-state index in [1.54, 1.807) is 0 Å². The maximum Gasteiger partial charge on any atom is 0.0741 e. The summed E-state index contributed by atoms with van der Waals surface area (Å²) < 4.78 is 0. The summed E-state index contributed by atoms with van der Waals surface area (Å²) in [5, 5.41) is 14.5. The highest BCUT2D eigenvalue weighted by atomic mass is 35.5. The third-order valence-electron chi connectivity index (χ3n) is 4.30. The second-order valence-electron chi connectivity index (χ2n) is 6.67. The molecule has 19 heavy (non-hydrogen) atoms.